The molecule has 0 fully saturated rings. The third kappa shape index (κ3) is 2.95. The zero-order chi connectivity index (χ0) is 20.0. The van der Waals surface area contributed by atoms with Gasteiger partial charge in [0.15, 0.2) is 35.1 Å². The van der Waals surface area contributed by atoms with Crippen LogP contribution in [0.2, 0.25) is 0 Å². The highest BCUT2D eigenvalue weighted by atomic mass is 16.5. The number of benzene rings is 2. The van der Waals surface area contributed by atoms with Crippen LogP contribution >= 0.6 is 0 Å². The van der Waals surface area contributed by atoms with Crippen LogP contribution in [0.1, 0.15) is 25.1 Å². The molecule has 3 aromatic rings. The minimum Gasteiger partial charge on any atom is -0.504 e. The fraction of sp³-hybridized carbons (Fsp3) is 0.300. The standard InChI is InChI=1S/C20H21N5O4/c1-2-27-15-8-11(4-5-14(15)26)18-23-19(21)24-20-22-12-9-16-17(10-13(12)25(18)20)29-7-3-6-28-16/h4-5,8-10,18,26H,2-3,6-7H2,1H3,(H3,21,22,23,24)/t18-/m1/s1. The number of hydrogen-bond acceptors (Lipinski definition) is 8. The zero-order valence-electron chi connectivity index (χ0n) is 15.9. The average molecular weight is 395 g/mol. The van der Waals surface area contributed by atoms with Crippen LogP contribution in [-0.2, 0) is 0 Å². The van der Waals surface area contributed by atoms with Gasteiger partial charge >= 0.3 is 0 Å². The number of ether oxygens (including phenoxy) is 3. The molecular weight excluding hydrogens is 374 g/mol. The molecule has 0 spiro atoms. The predicted octanol–water partition coefficient (Wildman–Crippen LogP) is 2.59. The third-order valence-corrected chi connectivity index (χ3v) is 4.89. The first-order chi connectivity index (χ1) is 14.1. The number of hydrogen-bond donors (Lipinski definition) is 3. The summed E-state index contributed by atoms with van der Waals surface area (Å²) < 4.78 is 19.1. The molecule has 1 aromatic heterocycles. The van der Waals surface area contributed by atoms with E-state index in [1.165, 1.54) is 0 Å². The van der Waals surface area contributed by atoms with E-state index in [1.54, 1.807) is 18.2 Å². The molecule has 0 aliphatic carbocycles. The molecule has 9 heteroatoms. The molecule has 0 amide bonds. The van der Waals surface area contributed by atoms with Crippen molar-refractivity contribution >= 4 is 22.9 Å². The summed E-state index contributed by atoms with van der Waals surface area (Å²) >= 11 is 0. The normalized spacial score (nSPS) is 17.8. The van der Waals surface area contributed by atoms with E-state index < -0.39 is 6.17 Å². The average Bonchev–Trinajstić information content (AvgIpc) is 2.89. The Morgan fingerprint density at radius 1 is 1.24 bits per heavy atom. The molecule has 2 aromatic carbocycles. The van der Waals surface area contributed by atoms with E-state index in [2.05, 4.69) is 15.3 Å². The first-order valence-electron chi connectivity index (χ1n) is 9.51. The molecule has 4 N–H and O–H groups in total. The van der Waals surface area contributed by atoms with E-state index in [0.717, 1.165) is 23.0 Å². The molecule has 3 heterocycles. The van der Waals surface area contributed by atoms with E-state index in [1.807, 2.05) is 23.6 Å². The number of nitrogens with one attached hydrogen (secondary N) is 1. The number of rotatable bonds is 3. The number of fused-ring (bicyclic) bond motifs is 4. The van der Waals surface area contributed by atoms with E-state index in [9.17, 15) is 5.11 Å². The largest absolute Gasteiger partial charge is 0.504 e. The summed E-state index contributed by atoms with van der Waals surface area (Å²) in [7, 11) is 0. The topological polar surface area (TPSA) is 116 Å². The number of phenols is 1. The van der Waals surface area contributed by atoms with Crippen molar-refractivity contribution in [2.45, 2.75) is 19.5 Å². The fourth-order valence-electron chi connectivity index (χ4n) is 3.61. The Kier molecular flexibility index (Phi) is 4.08. The summed E-state index contributed by atoms with van der Waals surface area (Å²) in [5.74, 6) is 2.67. The van der Waals surface area contributed by atoms with E-state index >= 15 is 0 Å². The molecule has 29 heavy (non-hydrogen) atoms. The summed E-state index contributed by atoms with van der Waals surface area (Å²) in [5.41, 5.74) is 8.42. The number of nitrogens with two attached hydrogens (primary N) is 1. The van der Waals surface area contributed by atoms with Crippen molar-refractivity contribution in [1.82, 2.24) is 9.55 Å². The van der Waals surface area contributed by atoms with Crippen molar-refractivity contribution in [3.8, 4) is 23.0 Å². The second-order valence-electron chi connectivity index (χ2n) is 6.82. The summed E-state index contributed by atoms with van der Waals surface area (Å²) in [4.78, 5) is 9.24. The second kappa shape index (κ2) is 6.77. The van der Waals surface area contributed by atoms with Crippen LogP contribution in [0.4, 0.5) is 5.95 Å². The van der Waals surface area contributed by atoms with Gasteiger partial charge in [0, 0.05) is 24.1 Å². The molecule has 1 atom stereocenters. The number of phenolic OH excluding ortho intramolecular Hbond substituents is 1. The Bertz CT molecular complexity index is 1120. The Hall–Kier alpha value is -3.62. The van der Waals surface area contributed by atoms with Crippen LogP contribution in [0, 0.1) is 0 Å². The molecule has 0 saturated heterocycles. The molecule has 0 saturated carbocycles. The van der Waals surface area contributed by atoms with Gasteiger partial charge in [-0.15, -0.1) is 0 Å². The molecule has 5 rings (SSSR count). The number of anilines is 1. The maximum Gasteiger partial charge on any atom is 0.212 e. The van der Waals surface area contributed by atoms with Gasteiger partial charge in [0.05, 0.1) is 30.9 Å². The van der Waals surface area contributed by atoms with E-state index in [0.29, 0.717) is 43.0 Å². The first-order valence-corrected chi connectivity index (χ1v) is 9.51. The van der Waals surface area contributed by atoms with Gasteiger partial charge in [0.2, 0.25) is 5.95 Å². The van der Waals surface area contributed by atoms with Crippen LogP contribution in [0.3, 0.4) is 0 Å². The van der Waals surface area contributed by atoms with Gasteiger partial charge in [-0.05, 0) is 19.1 Å². The molecule has 9 nitrogen and oxygen atoms in total. The van der Waals surface area contributed by atoms with Crippen LogP contribution in [0.25, 0.3) is 11.0 Å². The van der Waals surface area contributed by atoms with Gasteiger partial charge < -0.3 is 25.1 Å². The minimum absolute atomic E-state index is 0.0769. The molecular formula is C20H21N5O4. The highest BCUT2D eigenvalue weighted by Crippen LogP contribution is 2.40. The molecule has 0 radical (unpaired) electrons. The summed E-state index contributed by atoms with van der Waals surface area (Å²) in [6, 6.07) is 8.95. The third-order valence-electron chi connectivity index (χ3n) is 4.89. The summed E-state index contributed by atoms with van der Waals surface area (Å²) in [5, 5.41) is 13.1. The SMILES string of the molecule is CCOc1cc([C@@H]2N=C(N)Nc3nc4cc5c(cc4n32)OCCCO5)ccc1O. The van der Waals surface area contributed by atoms with Crippen molar-refractivity contribution < 1.29 is 19.3 Å². The maximum atomic E-state index is 10.1. The first kappa shape index (κ1) is 17.5. The van der Waals surface area contributed by atoms with Gasteiger partial charge in [-0.25, -0.2) is 9.98 Å². The smallest absolute Gasteiger partial charge is 0.212 e. The molecule has 2 aliphatic rings. The number of aromatic nitrogens is 2. The monoisotopic (exact) mass is 395 g/mol. The van der Waals surface area contributed by atoms with Gasteiger partial charge in [0.1, 0.15) is 0 Å². The summed E-state index contributed by atoms with van der Waals surface area (Å²) in [6.45, 7) is 3.51. The Morgan fingerprint density at radius 3 is 2.83 bits per heavy atom. The number of imidazole rings is 1. The van der Waals surface area contributed by atoms with E-state index in [4.69, 9.17) is 19.9 Å². The van der Waals surface area contributed by atoms with Gasteiger partial charge in [-0.3, -0.25) is 9.88 Å². The van der Waals surface area contributed by atoms with Gasteiger partial charge in [-0.1, -0.05) is 6.07 Å². The lowest BCUT2D eigenvalue weighted by Gasteiger charge is -2.24. The van der Waals surface area contributed by atoms with Crippen molar-refractivity contribution in [2.24, 2.45) is 10.7 Å². The number of aliphatic imine (C=N–C) groups is 1. The summed E-state index contributed by atoms with van der Waals surface area (Å²) in [6.07, 6.45) is 0.358. The van der Waals surface area contributed by atoms with Crippen LogP contribution in [0.15, 0.2) is 35.3 Å². The maximum absolute atomic E-state index is 10.1. The number of aromatic hydroxyl groups is 1. The number of guanidine groups is 1. The predicted molar refractivity (Wildman–Crippen MR) is 108 cm³/mol. The Morgan fingerprint density at radius 2 is 2.03 bits per heavy atom. The lowest BCUT2D eigenvalue weighted by atomic mass is 10.1. The van der Waals surface area contributed by atoms with Crippen LogP contribution in [0.5, 0.6) is 23.0 Å². The van der Waals surface area contributed by atoms with Crippen molar-refractivity contribution in [3.05, 3.63) is 35.9 Å². The highest BCUT2D eigenvalue weighted by molar-refractivity contribution is 5.95. The lowest BCUT2D eigenvalue weighted by molar-refractivity contribution is 0.297. The van der Waals surface area contributed by atoms with E-state index in [-0.39, 0.29) is 11.7 Å². The quantitative estimate of drug-likeness (QED) is 0.624. The molecule has 150 valence electrons. The van der Waals surface area contributed by atoms with Crippen molar-refractivity contribution in [3.63, 3.8) is 0 Å². The highest BCUT2D eigenvalue weighted by Gasteiger charge is 2.27. The number of nitrogens with zero attached hydrogens (tertiary/aromatic N) is 3. The van der Waals surface area contributed by atoms with Crippen molar-refractivity contribution in [1.29, 1.82) is 0 Å². The minimum atomic E-state index is -0.471. The van der Waals surface area contributed by atoms with Crippen molar-refractivity contribution in [2.75, 3.05) is 25.1 Å². The van der Waals surface area contributed by atoms with Gasteiger partial charge in [-0.2, -0.15) is 0 Å². The molecule has 2 aliphatic heterocycles. The lowest BCUT2D eigenvalue weighted by Crippen LogP contribution is -2.31. The zero-order valence-corrected chi connectivity index (χ0v) is 15.9. The Balaban J connectivity index is 1.67. The molecule has 0 unspecified atom stereocenters. The van der Waals surface area contributed by atoms with Crippen LogP contribution < -0.4 is 25.3 Å². The van der Waals surface area contributed by atoms with Gasteiger partial charge in [0.25, 0.3) is 0 Å². The fourth-order valence-corrected chi connectivity index (χ4v) is 3.61. The van der Waals surface area contributed by atoms with Crippen LogP contribution in [-0.4, -0.2) is 40.4 Å². The molecule has 0 bridgehead atoms. The Labute approximate surface area is 166 Å². The second-order valence-corrected chi connectivity index (χ2v) is 6.82.